The van der Waals surface area contributed by atoms with E-state index in [2.05, 4.69) is 51.1 Å². The molecule has 1 fully saturated rings. The second-order valence-corrected chi connectivity index (χ2v) is 11.2. The number of esters is 1. The van der Waals surface area contributed by atoms with Gasteiger partial charge in [0.05, 0.1) is 33.0 Å². The lowest BCUT2D eigenvalue weighted by Crippen LogP contribution is -2.41. The highest BCUT2D eigenvalue weighted by atomic mass is 16.7. The molecule has 0 amide bonds. The molecule has 0 N–H and O–H groups in total. The minimum absolute atomic E-state index is 0.0230. The van der Waals surface area contributed by atoms with Crippen molar-refractivity contribution in [3.8, 4) is 11.5 Å². The molecular weight excluding hydrogens is 496 g/mol. The van der Waals surface area contributed by atoms with E-state index in [9.17, 15) is 4.79 Å². The van der Waals surface area contributed by atoms with Crippen molar-refractivity contribution in [2.75, 3.05) is 46.2 Å². The van der Waals surface area contributed by atoms with Crippen molar-refractivity contribution in [1.82, 2.24) is 0 Å². The van der Waals surface area contributed by atoms with Crippen LogP contribution in [0.25, 0.3) is 11.1 Å². The molecule has 0 radical (unpaired) electrons. The summed E-state index contributed by atoms with van der Waals surface area (Å²) in [5.74, 6) is 0.629. The Morgan fingerprint density at radius 2 is 1.38 bits per heavy atom. The van der Waals surface area contributed by atoms with Gasteiger partial charge >= 0.3 is 5.97 Å². The molecule has 0 bridgehead atoms. The van der Waals surface area contributed by atoms with Gasteiger partial charge in [-0.05, 0) is 65.8 Å². The molecule has 2 aliphatic carbocycles. The molecule has 210 valence electrons. The zero-order valence-electron chi connectivity index (χ0n) is 23.6. The normalized spacial score (nSPS) is 18.4. The van der Waals surface area contributed by atoms with Gasteiger partial charge in [0.15, 0.2) is 0 Å². The first-order valence-electron chi connectivity index (χ1n) is 14.1. The molecule has 3 aliphatic rings. The van der Waals surface area contributed by atoms with Gasteiger partial charge in [0, 0.05) is 23.5 Å². The summed E-state index contributed by atoms with van der Waals surface area (Å²) < 4.78 is 35.5. The molecule has 0 unspecified atom stereocenters. The molecule has 39 heavy (non-hydrogen) atoms. The molecule has 7 nitrogen and oxygen atoms in total. The van der Waals surface area contributed by atoms with Gasteiger partial charge in [-0.2, -0.15) is 0 Å². The quantitative estimate of drug-likeness (QED) is 0.273. The van der Waals surface area contributed by atoms with Crippen molar-refractivity contribution in [3.05, 3.63) is 58.7 Å². The van der Waals surface area contributed by atoms with Gasteiger partial charge in [-0.25, -0.2) is 0 Å². The van der Waals surface area contributed by atoms with E-state index in [4.69, 9.17) is 28.4 Å². The Morgan fingerprint density at radius 1 is 0.821 bits per heavy atom. The van der Waals surface area contributed by atoms with Gasteiger partial charge < -0.3 is 28.4 Å². The number of rotatable bonds is 11. The van der Waals surface area contributed by atoms with E-state index in [1.165, 1.54) is 29.2 Å². The highest BCUT2D eigenvalue weighted by molar-refractivity contribution is 6.17. The van der Waals surface area contributed by atoms with Crippen molar-refractivity contribution in [2.24, 2.45) is 5.41 Å². The summed E-state index contributed by atoms with van der Waals surface area (Å²) in [7, 11) is 0. The van der Waals surface area contributed by atoms with E-state index >= 15 is 0 Å². The average Bonchev–Trinajstić information content (AvgIpc) is 3.54. The van der Waals surface area contributed by atoms with E-state index < -0.39 is 5.79 Å². The van der Waals surface area contributed by atoms with Gasteiger partial charge in [0.25, 0.3) is 0 Å². The van der Waals surface area contributed by atoms with E-state index in [1.807, 2.05) is 6.07 Å². The molecule has 2 aromatic carbocycles. The summed E-state index contributed by atoms with van der Waals surface area (Å²) in [5, 5.41) is 0. The minimum atomic E-state index is -0.786. The largest absolute Gasteiger partial charge is 0.494 e. The van der Waals surface area contributed by atoms with Crippen LogP contribution in [0.2, 0.25) is 0 Å². The number of benzene rings is 2. The molecule has 1 aliphatic heterocycles. The number of fused-ring (bicyclic) bond motifs is 6. The van der Waals surface area contributed by atoms with Crippen LogP contribution in [0.1, 0.15) is 62.8 Å². The molecular formula is C32H40O7. The second-order valence-electron chi connectivity index (χ2n) is 11.2. The van der Waals surface area contributed by atoms with Crippen LogP contribution in [0.3, 0.4) is 0 Å². The van der Waals surface area contributed by atoms with Gasteiger partial charge in [-0.3, -0.25) is 4.79 Å². The van der Waals surface area contributed by atoms with Crippen molar-refractivity contribution in [3.63, 3.8) is 0 Å². The molecule has 1 saturated heterocycles. The highest BCUT2D eigenvalue weighted by Gasteiger charge is 2.61. The number of unbranched alkanes of at least 4 members (excludes halogenated alkanes) is 1. The van der Waals surface area contributed by atoms with Crippen LogP contribution in [0.4, 0.5) is 0 Å². The van der Waals surface area contributed by atoms with Crippen molar-refractivity contribution < 1.29 is 33.2 Å². The third-order valence-electron chi connectivity index (χ3n) is 7.33. The summed E-state index contributed by atoms with van der Waals surface area (Å²) >= 11 is 0. The molecule has 2 aromatic rings. The first-order chi connectivity index (χ1) is 18.8. The summed E-state index contributed by atoms with van der Waals surface area (Å²) in [5.41, 5.74) is 7.09. The van der Waals surface area contributed by atoms with Crippen LogP contribution in [-0.4, -0.2) is 58.0 Å². The van der Waals surface area contributed by atoms with Crippen molar-refractivity contribution >= 4 is 17.1 Å². The number of carbonyl (C=O) groups is 1. The zero-order chi connectivity index (χ0) is 27.5. The van der Waals surface area contributed by atoms with Crippen molar-refractivity contribution in [2.45, 2.75) is 59.2 Å². The summed E-state index contributed by atoms with van der Waals surface area (Å²) in [6.07, 6.45) is 3.90. The monoisotopic (exact) mass is 536 g/mol. The van der Waals surface area contributed by atoms with Crippen LogP contribution in [0, 0.1) is 5.41 Å². The van der Waals surface area contributed by atoms with Crippen LogP contribution in [0.15, 0.2) is 36.4 Å². The van der Waals surface area contributed by atoms with Gasteiger partial charge in [-0.15, -0.1) is 0 Å². The second kappa shape index (κ2) is 11.7. The predicted molar refractivity (Wildman–Crippen MR) is 149 cm³/mol. The Balaban J connectivity index is 1.35. The summed E-state index contributed by atoms with van der Waals surface area (Å²) in [4.78, 5) is 10.8. The van der Waals surface area contributed by atoms with Crippen LogP contribution >= 0.6 is 0 Å². The van der Waals surface area contributed by atoms with E-state index in [0.717, 1.165) is 54.9 Å². The molecule has 7 heteroatoms. The summed E-state index contributed by atoms with van der Waals surface area (Å²) in [6.45, 7) is 11.4. The predicted octanol–water partition coefficient (Wildman–Crippen LogP) is 5.62. The molecule has 5 rings (SSSR count). The lowest BCUT2D eigenvalue weighted by atomic mass is 9.93. The fraction of sp³-hybridized carbons (Fsp3) is 0.531. The number of ether oxygens (including phenoxy) is 6. The number of aryl methyl sites for hydroxylation is 2. The van der Waals surface area contributed by atoms with E-state index in [-0.39, 0.29) is 18.0 Å². The fourth-order valence-corrected chi connectivity index (χ4v) is 5.23. The molecule has 0 aromatic heterocycles. The maximum absolute atomic E-state index is 10.8. The lowest BCUT2D eigenvalue weighted by Gasteiger charge is -2.37. The third kappa shape index (κ3) is 6.16. The first kappa shape index (κ1) is 27.7. The Morgan fingerprint density at radius 3 is 1.95 bits per heavy atom. The number of hydrogen-bond donors (Lipinski definition) is 0. The smallest absolute Gasteiger partial charge is 0.302 e. The maximum atomic E-state index is 10.8. The first-order valence-corrected chi connectivity index (χ1v) is 14.1. The van der Waals surface area contributed by atoms with Gasteiger partial charge in [0.2, 0.25) is 5.79 Å². The van der Waals surface area contributed by atoms with Gasteiger partial charge in [-0.1, -0.05) is 39.3 Å². The maximum Gasteiger partial charge on any atom is 0.302 e. The van der Waals surface area contributed by atoms with E-state index in [1.54, 1.807) is 0 Å². The van der Waals surface area contributed by atoms with Crippen LogP contribution in [-0.2, 0) is 36.6 Å². The minimum Gasteiger partial charge on any atom is -0.494 e. The molecule has 0 saturated carbocycles. The number of carbonyl (C=O) groups excluding carboxylic acids is 1. The standard InChI is InChI=1S/C32H40O7/c1-5-6-13-36-25-9-11-27-23(18-25)7-8-24-19-26(37-17-15-34-14-16-35-22(2)33)10-12-28(24)30-29(27)32(30)38-20-31(3,4)21-39-32/h9-12,18-19H,5-8,13-17,20-21H2,1-4H3. The molecule has 1 spiro atoms. The lowest BCUT2D eigenvalue weighted by molar-refractivity contribution is -0.218. The Hall–Kier alpha value is -2.87. The zero-order valence-corrected chi connectivity index (χ0v) is 23.6. The Labute approximate surface area is 231 Å². The Kier molecular flexibility index (Phi) is 8.31. The molecule has 1 heterocycles. The van der Waals surface area contributed by atoms with Crippen LogP contribution < -0.4 is 9.47 Å². The van der Waals surface area contributed by atoms with Crippen LogP contribution in [0.5, 0.6) is 11.5 Å². The van der Waals surface area contributed by atoms with E-state index in [0.29, 0.717) is 33.0 Å². The Bertz CT molecular complexity index is 1220. The summed E-state index contributed by atoms with van der Waals surface area (Å²) in [6, 6.07) is 12.7. The number of hydrogen-bond acceptors (Lipinski definition) is 7. The average molecular weight is 537 g/mol. The topological polar surface area (TPSA) is 72.5 Å². The highest BCUT2D eigenvalue weighted by Crippen LogP contribution is 2.63. The van der Waals surface area contributed by atoms with Gasteiger partial charge in [0.1, 0.15) is 24.7 Å². The van der Waals surface area contributed by atoms with Crippen molar-refractivity contribution in [1.29, 1.82) is 0 Å². The molecule has 0 atom stereocenters. The third-order valence-corrected chi connectivity index (χ3v) is 7.33. The SMILES string of the molecule is CCCCOc1ccc2c(c1)CCc1cc(OCCOCCOC(C)=O)ccc1C1=C2C12OCC(C)(C)CO2. The fourth-order valence-electron chi connectivity index (χ4n) is 5.23.